The fourth-order valence-corrected chi connectivity index (χ4v) is 3.09. The molecular formula is C20H25N3O2. The van der Waals surface area contributed by atoms with E-state index in [9.17, 15) is 4.79 Å². The van der Waals surface area contributed by atoms with Crippen molar-refractivity contribution in [1.29, 1.82) is 0 Å². The van der Waals surface area contributed by atoms with Crippen molar-refractivity contribution in [1.82, 2.24) is 10.3 Å². The Labute approximate surface area is 148 Å². The maximum atomic E-state index is 12.3. The van der Waals surface area contributed by atoms with Gasteiger partial charge in [-0.1, -0.05) is 12.1 Å². The zero-order valence-corrected chi connectivity index (χ0v) is 14.4. The average Bonchev–Trinajstić information content (AvgIpc) is 3.15. The summed E-state index contributed by atoms with van der Waals surface area (Å²) >= 11 is 0. The van der Waals surface area contributed by atoms with Gasteiger partial charge >= 0.3 is 0 Å². The summed E-state index contributed by atoms with van der Waals surface area (Å²) in [5, 5.41) is 3.00. The van der Waals surface area contributed by atoms with Crippen molar-refractivity contribution < 1.29 is 9.53 Å². The number of nitrogens with zero attached hydrogens (tertiary/aromatic N) is 1. The van der Waals surface area contributed by atoms with Gasteiger partial charge in [0.15, 0.2) is 0 Å². The molecule has 1 aliphatic rings. The van der Waals surface area contributed by atoms with Crippen LogP contribution in [0.3, 0.4) is 0 Å². The van der Waals surface area contributed by atoms with E-state index in [4.69, 9.17) is 10.5 Å². The molecule has 1 aromatic heterocycles. The molecule has 0 unspecified atom stereocenters. The Kier molecular flexibility index (Phi) is 6.01. The molecule has 0 aliphatic carbocycles. The highest BCUT2D eigenvalue weighted by atomic mass is 16.5. The van der Waals surface area contributed by atoms with Crippen LogP contribution in [0.4, 0.5) is 5.82 Å². The average molecular weight is 339 g/mol. The first-order valence-electron chi connectivity index (χ1n) is 8.94. The van der Waals surface area contributed by atoms with E-state index in [1.807, 2.05) is 30.3 Å². The lowest BCUT2D eigenvalue weighted by molar-refractivity contribution is 0.0947. The van der Waals surface area contributed by atoms with Gasteiger partial charge in [0.1, 0.15) is 5.82 Å². The molecule has 5 heteroatoms. The SMILES string of the molecule is Nc1ccc(-c2cccc(C(=O)NCCCC[C@H]3CCCO3)c2)cn1. The minimum absolute atomic E-state index is 0.0395. The van der Waals surface area contributed by atoms with Gasteiger partial charge in [0.05, 0.1) is 6.10 Å². The van der Waals surface area contributed by atoms with Gasteiger partial charge < -0.3 is 15.8 Å². The normalized spacial score (nSPS) is 16.7. The van der Waals surface area contributed by atoms with Gasteiger partial charge in [-0.05, 0) is 61.9 Å². The molecule has 1 amide bonds. The predicted octanol–water partition coefficient (Wildman–Crippen LogP) is 3.41. The second-order valence-corrected chi connectivity index (χ2v) is 6.44. The van der Waals surface area contributed by atoms with Crippen LogP contribution in [0.5, 0.6) is 0 Å². The van der Waals surface area contributed by atoms with Crippen molar-refractivity contribution in [3.8, 4) is 11.1 Å². The van der Waals surface area contributed by atoms with Gasteiger partial charge in [-0.25, -0.2) is 4.98 Å². The number of aromatic nitrogens is 1. The number of carbonyl (C=O) groups excluding carboxylic acids is 1. The van der Waals surface area contributed by atoms with Gasteiger partial charge in [0.25, 0.3) is 5.91 Å². The summed E-state index contributed by atoms with van der Waals surface area (Å²) in [6, 6.07) is 11.2. The Balaban J connectivity index is 1.48. The molecule has 0 spiro atoms. The summed E-state index contributed by atoms with van der Waals surface area (Å²) in [6.07, 6.45) is 7.67. The number of pyridine rings is 1. The van der Waals surface area contributed by atoms with Gasteiger partial charge in [0, 0.05) is 30.5 Å². The molecule has 25 heavy (non-hydrogen) atoms. The molecule has 1 fully saturated rings. The molecule has 2 heterocycles. The Morgan fingerprint density at radius 2 is 2.16 bits per heavy atom. The van der Waals surface area contributed by atoms with Crippen molar-refractivity contribution in [2.45, 2.75) is 38.2 Å². The quantitative estimate of drug-likeness (QED) is 0.758. The number of nitrogens with one attached hydrogen (secondary N) is 1. The van der Waals surface area contributed by atoms with E-state index in [1.54, 1.807) is 12.3 Å². The lowest BCUT2D eigenvalue weighted by Crippen LogP contribution is -2.24. The number of nitrogen functional groups attached to an aromatic ring is 1. The van der Waals surface area contributed by atoms with Gasteiger partial charge in [-0.15, -0.1) is 0 Å². The van der Waals surface area contributed by atoms with Crippen LogP contribution in [0.1, 0.15) is 42.5 Å². The molecule has 3 N–H and O–H groups in total. The van der Waals surface area contributed by atoms with Crippen LogP contribution >= 0.6 is 0 Å². The molecule has 1 saturated heterocycles. The van der Waals surface area contributed by atoms with Crippen molar-refractivity contribution in [3.05, 3.63) is 48.2 Å². The number of carbonyl (C=O) groups is 1. The molecule has 2 aromatic rings. The van der Waals surface area contributed by atoms with Gasteiger partial charge in [-0.3, -0.25) is 4.79 Å². The topological polar surface area (TPSA) is 77.2 Å². The second-order valence-electron chi connectivity index (χ2n) is 6.44. The van der Waals surface area contributed by atoms with Crippen molar-refractivity contribution in [2.75, 3.05) is 18.9 Å². The maximum absolute atomic E-state index is 12.3. The Bertz CT molecular complexity index is 694. The lowest BCUT2D eigenvalue weighted by atomic mass is 10.0. The monoisotopic (exact) mass is 339 g/mol. The third-order valence-corrected chi connectivity index (χ3v) is 4.51. The number of anilines is 1. The number of hydrogen-bond acceptors (Lipinski definition) is 4. The first kappa shape index (κ1) is 17.4. The van der Waals surface area contributed by atoms with E-state index in [0.717, 1.165) is 37.0 Å². The largest absolute Gasteiger partial charge is 0.384 e. The highest BCUT2D eigenvalue weighted by Crippen LogP contribution is 2.20. The molecule has 3 rings (SSSR count). The van der Waals surface area contributed by atoms with Gasteiger partial charge in [-0.2, -0.15) is 0 Å². The van der Waals surface area contributed by atoms with Crippen LogP contribution in [-0.2, 0) is 4.74 Å². The molecular weight excluding hydrogens is 314 g/mol. The van der Waals surface area contributed by atoms with Crippen LogP contribution in [0.15, 0.2) is 42.6 Å². The Hall–Kier alpha value is -2.40. The van der Waals surface area contributed by atoms with E-state index in [2.05, 4.69) is 10.3 Å². The summed E-state index contributed by atoms with van der Waals surface area (Å²) in [5.74, 6) is 0.447. The molecule has 5 nitrogen and oxygen atoms in total. The number of benzene rings is 1. The van der Waals surface area contributed by atoms with Crippen LogP contribution in [0.2, 0.25) is 0 Å². The van der Waals surface area contributed by atoms with Crippen LogP contribution in [-0.4, -0.2) is 30.1 Å². The highest BCUT2D eigenvalue weighted by molar-refractivity contribution is 5.95. The number of rotatable bonds is 7. The molecule has 0 saturated carbocycles. The third-order valence-electron chi connectivity index (χ3n) is 4.51. The first-order chi connectivity index (χ1) is 12.2. The minimum Gasteiger partial charge on any atom is -0.384 e. The van der Waals surface area contributed by atoms with Crippen molar-refractivity contribution >= 4 is 11.7 Å². The molecule has 1 aliphatic heterocycles. The van der Waals surface area contributed by atoms with E-state index >= 15 is 0 Å². The number of hydrogen-bond donors (Lipinski definition) is 2. The minimum atomic E-state index is -0.0395. The van der Waals surface area contributed by atoms with Crippen LogP contribution < -0.4 is 11.1 Å². The fraction of sp³-hybridized carbons (Fsp3) is 0.400. The van der Waals surface area contributed by atoms with Crippen molar-refractivity contribution in [3.63, 3.8) is 0 Å². The number of unbranched alkanes of at least 4 members (excludes halogenated alkanes) is 1. The highest BCUT2D eigenvalue weighted by Gasteiger charge is 2.14. The molecule has 132 valence electrons. The molecule has 0 bridgehead atoms. The zero-order chi connectivity index (χ0) is 17.5. The first-order valence-corrected chi connectivity index (χ1v) is 8.94. The summed E-state index contributed by atoms with van der Waals surface area (Å²) in [5.41, 5.74) is 8.18. The van der Waals surface area contributed by atoms with Crippen LogP contribution in [0, 0.1) is 0 Å². The van der Waals surface area contributed by atoms with E-state index < -0.39 is 0 Å². The lowest BCUT2D eigenvalue weighted by Gasteiger charge is -2.10. The maximum Gasteiger partial charge on any atom is 0.251 e. The number of ether oxygens (including phenoxy) is 1. The predicted molar refractivity (Wildman–Crippen MR) is 99.2 cm³/mol. The molecule has 1 aromatic carbocycles. The summed E-state index contributed by atoms with van der Waals surface area (Å²) in [4.78, 5) is 16.4. The van der Waals surface area contributed by atoms with E-state index in [1.165, 1.54) is 12.8 Å². The Morgan fingerprint density at radius 3 is 2.92 bits per heavy atom. The van der Waals surface area contributed by atoms with Crippen molar-refractivity contribution in [2.24, 2.45) is 0 Å². The smallest absolute Gasteiger partial charge is 0.251 e. The Morgan fingerprint density at radius 1 is 1.24 bits per heavy atom. The molecule has 1 atom stereocenters. The molecule has 0 radical (unpaired) electrons. The van der Waals surface area contributed by atoms with Gasteiger partial charge in [0.2, 0.25) is 0 Å². The standard InChI is InChI=1S/C20H25N3O2/c21-19-10-9-17(14-23-19)15-5-3-6-16(13-15)20(24)22-11-2-1-7-18-8-4-12-25-18/h3,5-6,9-10,13-14,18H,1-2,4,7-8,11-12H2,(H2,21,23)(H,22,24)/t18-/m0/s1. The summed E-state index contributed by atoms with van der Waals surface area (Å²) < 4.78 is 5.61. The number of amides is 1. The zero-order valence-electron chi connectivity index (χ0n) is 14.4. The van der Waals surface area contributed by atoms with E-state index in [-0.39, 0.29) is 5.91 Å². The number of nitrogens with two attached hydrogens (primary N) is 1. The summed E-state index contributed by atoms with van der Waals surface area (Å²) in [6.45, 7) is 1.60. The summed E-state index contributed by atoms with van der Waals surface area (Å²) in [7, 11) is 0. The fourth-order valence-electron chi connectivity index (χ4n) is 3.09. The second kappa shape index (κ2) is 8.62. The van der Waals surface area contributed by atoms with Crippen LogP contribution in [0.25, 0.3) is 11.1 Å². The van der Waals surface area contributed by atoms with E-state index in [0.29, 0.717) is 24.0 Å². The third kappa shape index (κ3) is 5.03.